The van der Waals surface area contributed by atoms with Crippen LogP contribution in [0.3, 0.4) is 0 Å². The third-order valence-electron chi connectivity index (χ3n) is 4.10. The van der Waals surface area contributed by atoms with Crippen molar-refractivity contribution in [3.8, 4) is 0 Å². The first-order valence-electron chi connectivity index (χ1n) is 8.09. The lowest BCUT2D eigenvalue weighted by Crippen LogP contribution is -2.35. The first-order valence-corrected chi connectivity index (χ1v) is 8.91. The van der Waals surface area contributed by atoms with E-state index < -0.39 is 0 Å². The number of hydrazone groups is 1. The standard InChI is InChI=1S/C17H22N4OS/c1-11-6-5-7-13(10-11)20-21-16(22)12(2)18-17-19-14-8-3-4-9-15(14)23-17/h3-4,8-9,11-12H,5-7,10H2,1-2H3,(H,18,19)(H,21,22)/b20-13+/t11-,12-/m1/s1. The summed E-state index contributed by atoms with van der Waals surface area (Å²) in [5.41, 5.74) is 4.74. The van der Waals surface area contributed by atoms with E-state index in [9.17, 15) is 4.79 Å². The van der Waals surface area contributed by atoms with E-state index in [4.69, 9.17) is 0 Å². The van der Waals surface area contributed by atoms with Crippen molar-refractivity contribution in [1.82, 2.24) is 10.4 Å². The van der Waals surface area contributed by atoms with Crippen molar-refractivity contribution >= 4 is 38.3 Å². The number of carbonyl (C=O) groups is 1. The number of hydrogen-bond acceptors (Lipinski definition) is 5. The lowest BCUT2D eigenvalue weighted by Gasteiger charge is -2.19. The SMILES string of the molecule is C[C@@H]1CCC/C(=N\NC(=O)[C@@H](C)Nc2nc3ccccc3s2)C1. The zero-order chi connectivity index (χ0) is 16.2. The molecule has 1 aliphatic carbocycles. The van der Waals surface area contributed by atoms with Gasteiger partial charge in [-0.3, -0.25) is 4.79 Å². The molecule has 5 nitrogen and oxygen atoms in total. The van der Waals surface area contributed by atoms with Gasteiger partial charge in [0.1, 0.15) is 6.04 Å². The van der Waals surface area contributed by atoms with E-state index in [1.807, 2.05) is 31.2 Å². The number of benzene rings is 1. The second-order valence-electron chi connectivity index (χ2n) is 6.21. The molecule has 0 bridgehead atoms. The Morgan fingerprint density at radius 2 is 2.26 bits per heavy atom. The Bertz CT molecular complexity index is 691. The summed E-state index contributed by atoms with van der Waals surface area (Å²) in [6.07, 6.45) is 4.39. The average Bonchev–Trinajstić information content (AvgIpc) is 2.94. The van der Waals surface area contributed by atoms with Crippen LogP contribution in [-0.2, 0) is 4.79 Å². The van der Waals surface area contributed by atoms with Gasteiger partial charge in [0, 0.05) is 5.71 Å². The summed E-state index contributed by atoms with van der Waals surface area (Å²) < 4.78 is 1.11. The Labute approximate surface area is 140 Å². The molecule has 1 saturated carbocycles. The van der Waals surface area contributed by atoms with Crippen molar-refractivity contribution in [1.29, 1.82) is 0 Å². The summed E-state index contributed by atoms with van der Waals surface area (Å²) in [7, 11) is 0. The van der Waals surface area contributed by atoms with E-state index in [0.717, 1.165) is 40.3 Å². The summed E-state index contributed by atoms with van der Waals surface area (Å²) in [6, 6.07) is 7.57. The van der Waals surface area contributed by atoms with Crippen molar-refractivity contribution in [2.45, 2.75) is 45.6 Å². The first kappa shape index (κ1) is 15.9. The Morgan fingerprint density at radius 3 is 3.04 bits per heavy atom. The maximum Gasteiger partial charge on any atom is 0.262 e. The van der Waals surface area contributed by atoms with Crippen LogP contribution >= 0.6 is 11.3 Å². The van der Waals surface area contributed by atoms with Crippen molar-refractivity contribution in [3.63, 3.8) is 0 Å². The minimum absolute atomic E-state index is 0.130. The summed E-state index contributed by atoms with van der Waals surface area (Å²) >= 11 is 1.55. The van der Waals surface area contributed by atoms with Crippen LogP contribution in [0, 0.1) is 5.92 Å². The molecule has 1 fully saturated rings. The molecule has 3 rings (SSSR count). The van der Waals surface area contributed by atoms with Gasteiger partial charge < -0.3 is 5.32 Å². The number of aromatic nitrogens is 1. The number of anilines is 1. The van der Waals surface area contributed by atoms with Crippen LogP contribution in [0.2, 0.25) is 0 Å². The molecule has 1 aromatic carbocycles. The summed E-state index contributed by atoms with van der Waals surface area (Å²) in [4.78, 5) is 16.7. The largest absolute Gasteiger partial charge is 0.350 e. The van der Waals surface area contributed by atoms with Gasteiger partial charge in [0.15, 0.2) is 5.13 Å². The predicted octanol–water partition coefficient (Wildman–Crippen LogP) is 3.78. The van der Waals surface area contributed by atoms with E-state index >= 15 is 0 Å². The molecule has 2 atom stereocenters. The van der Waals surface area contributed by atoms with Crippen LogP contribution in [0.1, 0.15) is 39.5 Å². The number of nitrogens with zero attached hydrogens (tertiary/aromatic N) is 2. The molecule has 1 heterocycles. The van der Waals surface area contributed by atoms with Crippen molar-refractivity contribution in [2.24, 2.45) is 11.0 Å². The van der Waals surface area contributed by atoms with Gasteiger partial charge in [-0.15, -0.1) is 0 Å². The minimum atomic E-state index is -0.374. The number of rotatable bonds is 4. The maximum absolute atomic E-state index is 12.2. The van der Waals surface area contributed by atoms with Gasteiger partial charge in [0.05, 0.1) is 10.2 Å². The molecule has 1 amide bonds. The molecule has 0 unspecified atom stereocenters. The maximum atomic E-state index is 12.2. The van der Waals surface area contributed by atoms with Crippen LogP contribution in [0.4, 0.5) is 5.13 Å². The highest BCUT2D eigenvalue weighted by molar-refractivity contribution is 7.22. The van der Waals surface area contributed by atoms with Gasteiger partial charge in [-0.25, -0.2) is 10.4 Å². The van der Waals surface area contributed by atoms with Crippen molar-refractivity contribution in [3.05, 3.63) is 24.3 Å². The predicted molar refractivity (Wildman–Crippen MR) is 95.9 cm³/mol. The van der Waals surface area contributed by atoms with Gasteiger partial charge >= 0.3 is 0 Å². The molecule has 0 aliphatic heterocycles. The summed E-state index contributed by atoms with van der Waals surface area (Å²) in [6.45, 7) is 4.05. The number of fused-ring (bicyclic) bond motifs is 1. The fraction of sp³-hybridized carbons (Fsp3) is 0.471. The van der Waals surface area contributed by atoms with Crippen LogP contribution < -0.4 is 10.7 Å². The molecule has 0 radical (unpaired) electrons. The number of thiazole rings is 1. The van der Waals surface area contributed by atoms with Crippen LogP contribution in [0.15, 0.2) is 29.4 Å². The van der Waals surface area contributed by atoms with Gasteiger partial charge in [0.25, 0.3) is 5.91 Å². The zero-order valence-electron chi connectivity index (χ0n) is 13.5. The molecule has 1 aromatic heterocycles. The Hall–Kier alpha value is -1.95. The fourth-order valence-electron chi connectivity index (χ4n) is 2.78. The van der Waals surface area contributed by atoms with Gasteiger partial charge in [-0.1, -0.05) is 30.4 Å². The molecule has 0 saturated heterocycles. The summed E-state index contributed by atoms with van der Waals surface area (Å²) in [5.74, 6) is 0.535. The third kappa shape index (κ3) is 4.07. The topological polar surface area (TPSA) is 66.4 Å². The van der Waals surface area contributed by atoms with E-state index in [1.54, 1.807) is 11.3 Å². The minimum Gasteiger partial charge on any atom is -0.350 e. The molecule has 2 N–H and O–H groups in total. The van der Waals surface area contributed by atoms with Crippen LogP contribution in [0.5, 0.6) is 0 Å². The van der Waals surface area contributed by atoms with Crippen LogP contribution in [-0.4, -0.2) is 22.6 Å². The highest BCUT2D eigenvalue weighted by atomic mass is 32.1. The molecule has 0 spiro atoms. The highest BCUT2D eigenvalue weighted by Gasteiger charge is 2.17. The molecule has 122 valence electrons. The van der Waals surface area contributed by atoms with Crippen molar-refractivity contribution < 1.29 is 4.79 Å². The monoisotopic (exact) mass is 330 g/mol. The number of hydrogen-bond donors (Lipinski definition) is 2. The average molecular weight is 330 g/mol. The van der Waals surface area contributed by atoms with Gasteiger partial charge in [-0.2, -0.15) is 5.10 Å². The smallest absolute Gasteiger partial charge is 0.262 e. The molecule has 6 heteroatoms. The lowest BCUT2D eigenvalue weighted by molar-refractivity contribution is -0.121. The molecular formula is C17H22N4OS. The molecule has 2 aromatic rings. The molecular weight excluding hydrogens is 308 g/mol. The van der Waals surface area contributed by atoms with Crippen LogP contribution in [0.25, 0.3) is 10.2 Å². The highest BCUT2D eigenvalue weighted by Crippen LogP contribution is 2.25. The number of amides is 1. The summed E-state index contributed by atoms with van der Waals surface area (Å²) in [5, 5.41) is 8.21. The Kier molecular flexibility index (Phi) is 4.91. The van der Waals surface area contributed by atoms with Gasteiger partial charge in [0.2, 0.25) is 0 Å². The second kappa shape index (κ2) is 7.08. The zero-order valence-corrected chi connectivity index (χ0v) is 14.3. The second-order valence-corrected chi connectivity index (χ2v) is 7.24. The molecule has 1 aliphatic rings. The van der Waals surface area contributed by atoms with E-state index in [2.05, 4.69) is 27.8 Å². The number of carbonyl (C=O) groups excluding carboxylic acids is 1. The third-order valence-corrected chi connectivity index (χ3v) is 5.07. The Morgan fingerprint density at radius 1 is 1.43 bits per heavy atom. The van der Waals surface area contributed by atoms with E-state index in [-0.39, 0.29) is 11.9 Å². The Balaban J connectivity index is 1.57. The lowest BCUT2D eigenvalue weighted by atomic mass is 9.89. The normalized spacial score (nSPS) is 21.3. The van der Waals surface area contributed by atoms with Gasteiger partial charge in [-0.05, 0) is 50.7 Å². The van der Waals surface area contributed by atoms with E-state index in [0.29, 0.717) is 5.92 Å². The number of para-hydroxylation sites is 1. The first-order chi connectivity index (χ1) is 11.1. The van der Waals surface area contributed by atoms with Crippen molar-refractivity contribution in [2.75, 3.05) is 5.32 Å². The van der Waals surface area contributed by atoms with E-state index in [1.165, 1.54) is 6.42 Å². The number of nitrogens with one attached hydrogen (secondary N) is 2. The quantitative estimate of drug-likeness (QED) is 0.838. The fourth-order valence-corrected chi connectivity index (χ4v) is 3.73. The molecule has 23 heavy (non-hydrogen) atoms.